The van der Waals surface area contributed by atoms with E-state index in [0.29, 0.717) is 13.2 Å². The molecule has 56 valence electrons. The standard InChI is InChI=1S/C6H15NOS/c1-9-6-2-4-8-5-3-7/h2-7H2,1H3. The second kappa shape index (κ2) is 8.27. The van der Waals surface area contributed by atoms with Crippen LogP contribution in [-0.4, -0.2) is 31.8 Å². The molecule has 0 aliphatic carbocycles. The zero-order valence-electron chi connectivity index (χ0n) is 5.93. The Bertz CT molecular complexity index is 46.3. The summed E-state index contributed by atoms with van der Waals surface area (Å²) in [5.41, 5.74) is 5.21. The average molecular weight is 149 g/mol. The molecular formula is C6H15NOS. The highest BCUT2D eigenvalue weighted by Gasteiger charge is 1.84. The fourth-order valence-corrected chi connectivity index (χ4v) is 0.897. The summed E-state index contributed by atoms with van der Waals surface area (Å²) in [6.07, 6.45) is 3.24. The van der Waals surface area contributed by atoms with E-state index in [1.807, 2.05) is 11.8 Å². The molecule has 0 heterocycles. The predicted molar refractivity (Wildman–Crippen MR) is 42.9 cm³/mol. The van der Waals surface area contributed by atoms with E-state index in [9.17, 15) is 0 Å². The Kier molecular flexibility index (Phi) is 8.52. The molecule has 0 aromatic carbocycles. The van der Waals surface area contributed by atoms with Crippen molar-refractivity contribution in [2.75, 3.05) is 31.8 Å². The van der Waals surface area contributed by atoms with Gasteiger partial charge in [-0.3, -0.25) is 0 Å². The Morgan fingerprint density at radius 3 is 2.78 bits per heavy atom. The van der Waals surface area contributed by atoms with Gasteiger partial charge in [-0.2, -0.15) is 11.8 Å². The predicted octanol–water partition coefficient (Wildman–Crippen LogP) is 0.715. The highest BCUT2D eigenvalue weighted by molar-refractivity contribution is 7.98. The molecule has 0 fully saturated rings. The first-order valence-electron chi connectivity index (χ1n) is 3.18. The van der Waals surface area contributed by atoms with Gasteiger partial charge in [0, 0.05) is 13.2 Å². The SMILES string of the molecule is CSCCCOCCN. The lowest BCUT2D eigenvalue weighted by Gasteiger charge is -1.99. The summed E-state index contributed by atoms with van der Waals surface area (Å²) in [5.74, 6) is 1.19. The minimum Gasteiger partial charge on any atom is -0.380 e. The van der Waals surface area contributed by atoms with Gasteiger partial charge in [-0.15, -0.1) is 0 Å². The van der Waals surface area contributed by atoms with Crippen molar-refractivity contribution in [3.05, 3.63) is 0 Å². The summed E-state index contributed by atoms with van der Waals surface area (Å²) in [6, 6.07) is 0. The number of rotatable bonds is 6. The normalized spacial score (nSPS) is 10.0. The van der Waals surface area contributed by atoms with Gasteiger partial charge in [-0.25, -0.2) is 0 Å². The Hall–Kier alpha value is 0.270. The van der Waals surface area contributed by atoms with Gasteiger partial charge in [-0.05, 0) is 18.4 Å². The highest BCUT2D eigenvalue weighted by Crippen LogP contribution is 1.94. The third kappa shape index (κ3) is 8.27. The fraction of sp³-hybridized carbons (Fsp3) is 1.00. The van der Waals surface area contributed by atoms with Crippen molar-refractivity contribution in [3.8, 4) is 0 Å². The molecule has 0 unspecified atom stereocenters. The van der Waals surface area contributed by atoms with Crippen LogP contribution in [0.5, 0.6) is 0 Å². The maximum absolute atomic E-state index is 5.21. The molecule has 0 aromatic rings. The molecule has 3 heteroatoms. The van der Waals surface area contributed by atoms with E-state index in [4.69, 9.17) is 10.5 Å². The van der Waals surface area contributed by atoms with Crippen molar-refractivity contribution in [1.82, 2.24) is 0 Å². The average Bonchev–Trinajstić information content (AvgIpc) is 1.89. The number of hydrogen-bond donors (Lipinski definition) is 1. The van der Waals surface area contributed by atoms with Gasteiger partial charge < -0.3 is 10.5 Å². The van der Waals surface area contributed by atoms with E-state index in [1.165, 1.54) is 5.75 Å². The van der Waals surface area contributed by atoms with Crippen molar-refractivity contribution in [2.45, 2.75) is 6.42 Å². The molecule has 0 radical (unpaired) electrons. The molecular weight excluding hydrogens is 134 g/mol. The van der Waals surface area contributed by atoms with Crippen molar-refractivity contribution in [3.63, 3.8) is 0 Å². The first-order chi connectivity index (χ1) is 4.41. The van der Waals surface area contributed by atoms with Gasteiger partial charge in [0.25, 0.3) is 0 Å². The van der Waals surface area contributed by atoms with E-state index in [2.05, 4.69) is 6.26 Å². The zero-order valence-corrected chi connectivity index (χ0v) is 6.75. The first kappa shape index (κ1) is 9.27. The molecule has 0 saturated heterocycles. The summed E-state index contributed by atoms with van der Waals surface area (Å²) in [5, 5.41) is 0. The second-order valence-electron chi connectivity index (χ2n) is 1.75. The van der Waals surface area contributed by atoms with Gasteiger partial charge in [0.1, 0.15) is 0 Å². The van der Waals surface area contributed by atoms with Gasteiger partial charge >= 0.3 is 0 Å². The molecule has 0 aliphatic heterocycles. The van der Waals surface area contributed by atoms with Crippen LogP contribution in [0.3, 0.4) is 0 Å². The van der Waals surface area contributed by atoms with E-state index in [-0.39, 0.29) is 0 Å². The molecule has 9 heavy (non-hydrogen) atoms. The van der Waals surface area contributed by atoms with Crippen LogP contribution in [0.2, 0.25) is 0 Å². The molecule has 0 atom stereocenters. The van der Waals surface area contributed by atoms with Gasteiger partial charge in [-0.1, -0.05) is 0 Å². The maximum Gasteiger partial charge on any atom is 0.0588 e. The van der Waals surface area contributed by atoms with Crippen LogP contribution in [0.25, 0.3) is 0 Å². The first-order valence-corrected chi connectivity index (χ1v) is 4.58. The van der Waals surface area contributed by atoms with Crippen molar-refractivity contribution >= 4 is 11.8 Å². The smallest absolute Gasteiger partial charge is 0.0588 e. The van der Waals surface area contributed by atoms with Crippen LogP contribution in [0.1, 0.15) is 6.42 Å². The number of ether oxygens (including phenoxy) is 1. The number of hydrogen-bond acceptors (Lipinski definition) is 3. The quantitative estimate of drug-likeness (QED) is 0.565. The zero-order chi connectivity index (χ0) is 6.95. The van der Waals surface area contributed by atoms with E-state index in [1.54, 1.807) is 0 Å². The minimum atomic E-state index is 0.638. The Labute approximate surface area is 61.1 Å². The third-order valence-corrected chi connectivity index (χ3v) is 1.60. The molecule has 0 aliphatic rings. The summed E-state index contributed by atoms with van der Waals surface area (Å²) >= 11 is 1.85. The van der Waals surface area contributed by atoms with Crippen LogP contribution >= 0.6 is 11.8 Å². The lowest BCUT2D eigenvalue weighted by molar-refractivity contribution is 0.143. The van der Waals surface area contributed by atoms with E-state index in [0.717, 1.165) is 13.0 Å². The van der Waals surface area contributed by atoms with Crippen LogP contribution in [-0.2, 0) is 4.74 Å². The molecule has 0 spiro atoms. The summed E-state index contributed by atoms with van der Waals surface area (Å²) in [6.45, 7) is 2.20. The van der Waals surface area contributed by atoms with Crippen LogP contribution < -0.4 is 5.73 Å². The molecule has 2 nitrogen and oxygen atoms in total. The Balaban J connectivity index is 2.60. The molecule has 0 aromatic heterocycles. The van der Waals surface area contributed by atoms with Crippen molar-refractivity contribution in [1.29, 1.82) is 0 Å². The molecule has 2 N–H and O–H groups in total. The summed E-state index contributed by atoms with van der Waals surface area (Å²) in [7, 11) is 0. The minimum absolute atomic E-state index is 0.638. The molecule has 0 amide bonds. The van der Waals surface area contributed by atoms with Crippen molar-refractivity contribution in [2.24, 2.45) is 5.73 Å². The van der Waals surface area contributed by atoms with Crippen molar-refractivity contribution < 1.29 is 4.74 Å². The highest BCUT2D eigenvalue weighted by atomic mass is 32.2. The van der Waals surface area contributed by atoms with E-state index < -0.39 is 0 Å². The van der Waals surface area contributed by atoms with Crippen LogP contribution in [0.4, 0.5) is 0 Å². The topological polar surface area (TPSA) is 35.2 Å². The van der Waals surface area contributed by atoms with Crippen LogP contribution in [0.15, 0.2) is 0 Å². The summed E-state index contributed by atoms with van der Waals surface area (Å²) in [4.78, 5) is 0. The van der Waals surface area contributed by atoms with Gasteiger partial charge in [0.05, 0.1) is 6.61 Å². The molecule has 0 rings (SSSR count). The third-order valence-electron chi connectivity index (χ3n) is 0.899. The largest absolute Gasteiger partial charge is 0.380 e. The monoisotopic (exact) mass is 149 g/mol. The fourth-order valence-electron chi connectivity index (χ4n) is 0.491. The number of thioether (sulfide) groups is 1. The molecule has 0 bridgehead atoms. The lowest BCUT2D eigenvalue weighted by Crippen LogP contribution is -2.09. The Morgan fingerprint density at radius 1 is 1.44 bits per heavy atom. The Morgan fingerprint density at radius 2 is 2.22 bits per heavy atom. The maximum atomic E-state index is 5.21. The van der Waals surface area contributed by atoms with Gasteiger partial charge in [0.2, 0.25) is 0 Å². The van der Waals surface area contributed by atoms with Crippen LogP contribution in [0, 0.1) is 0 Å². The second-order valence-corrected chi connectivity index (χ2v) is 2.73. The number of nitrogens with two attached hydrogens (primary N) is 1. The molecule has 0 saturated carbocycles. The summed E-state index contributed by atoms with van der Waals surface area (Å²) < 4.78 is 5.15. The van der Waals surface area contributed by atoms with E-state index >= 15 is 0 Å². The van der Waals surface area contributed by atoms with Gasteiger partial charge in [0.15, 0.2) is 0 Å². The lowest BCUT2D eigenvalue weighted by atomic mass is 10.5.